The lowest BCUT2D eigenvalue weighted by molar-refractivity contribution is -0.148. The van der Waals surface area contributed by atoms with E-state index in [9.17, 15) is 13.8 Å². The zero-order valence-electron chi connectivity index (χ0n) is 28.6. The van der Waals surface area contributed by atoms with Gasteiger partial charge in [0.25, 0.3) is 5.91 Å². The summed E-state index contributed by atoms with van der Waals surface area (Å²) in [5.41, 5.74) is 4.63. The molecule has 0 saturated carbocycles. The highest BCUT2D eigenvalue weighted by atomic mass is 35.5. The molecule has 2 bridgehead atoms. The van der Waals surface area contributed by atoms with Gasteiger partial charge in [0, 0.05) is 35.5 Å². The summed E-state index contributed by atoms with van der Waals surface area (Å²) in [5, 5.41) is 0.747. The molecule has 260 valence electrons. The van der Waals surface area contributed by atoms with Crippen molar-refractivity contribution in [3.05, 3.63) is 106 Å². The van der Waals surface area contributed by atoms with E-state index in [4.69, 9.17) is 21.1 Å². The maximum atomic E-state index is 13.5. The molecule has 5 atom stereocenters. The molecule has 0 unspecified atom stereocenters. The number of hydrogen-bond donors (Lipinski definition) is 0. The maximum absolute atomic E-state index is 13.5. The Morgan fingerprint density at radius 1 is 1.06 bits per heavy atom. The summed E-state index contributed by atoms with van der Waals surface area (Å²) in [7, 11) is -1.81. The number of nitrogens with zero attached hydrogens (tertiary/aromatic N) is 2. The normalized spacial score (nSPS) is 26.9. The second-order valence-electron chi connectivity index (χ2n) is 14.2. The van der Waals surface area contributed by atoms with E-state index in [0.717, 1.165) is 60.8 Å². The first-order valence-electron chi connectivity index (χ1n) is 17.5. The topological polar surface area (TPSA) is 85.3 Å². The Bertz CT molecular complexity index is 1790. The van der Waals surface area contributed by atoms with Gasteiger partial charge >= 0.3 is 5.97 Å². The highest BCUT2D eigenvalue weighted by molar-refractivity contribution is 7.75. The third-order valence-corrected chi connectivity index (χ3v) is 11.9. The largest absolute Gasteiger partial charge is 0.490 e. The first-order chi connectivity index (χ1) is 23.6. The molecule has 2 aliphatic heterocycles. The van der Waals surface area contributed by atoms with Gasteiger partial charge in [0.05, 0.1) is 12.3 Å². The summed E-state index contributed by atoms with van der Waals surface area (Å²) in [5.74, 6) is 0.267. The number of fused-ring (bicyclic) bond motifs is 3. The van der Waals surface area contributed by atoms with Crippen LogP contribution in [0.2, 0.25) is 5.02 Å². The molecule has 0 radical (unpaired) electrons. The first kappa shape index (κ1) is 35.2. The van der Waals surface area contributed by atoms with Crippen molar-refractivity contribution in [2.75, 3.05) is 30.3 Å². The summed E-state index contributed by atoms with van der Waals surface area (Å²) in [4.78, 5) is 28.8. The Kier molecular flexibility index (Phi) is 11.1. The van der Waals surface area contributed by atoms with E-state index in [0.29, 0.717) is 24.5 Å². The molecule has 1 amide bonds. The Labute approximate surface area is 297 Å². The van der Waals surface area contributed by atoms with Gasteiger partial charge in [-0.3, -0.25) is 9.59 Å². The number of esters is 1. The van der Waals surface area contributed by atoms with Gasteiger partial charge in [-0.2, -0.15) is 10.6 Å². The Morgan fingerprint density at radius 2 is 1.88 bits per heavy atom. The third-order valence-electron chi connectivity index (χ3n) is 10.5. The highest BCUT2D eigenvalue weighted by Gasteiger charge is 2.42. The average molecular weight is 702 g/mol. The molecule has 0 fully saturated rings. The van der Waals surface area contributed by atoms with Crippen molar-refractivity contribution in [3.8, 4) is 5.75 Å². The van der Waals surface area contributed by atoms with Crippen LogP contribution in [0, 0.1) is 17.8 Å². The number of carbonyl (C=O) groups excluding carboxylic acids is 2. The van der Waals surface area contributed by atoms with Gasteiger partial charge < -0.3 is 22.9 Å². The van der Waals surface area contributed by atoms with Crippen LogP contribution >= 0.6 is 11.6 Å². The minimum Gasteiger partial charge on any atom is -0.490 e. The molecule has 0 aromatic heterocycles. The van der Waals surface area contributed by atoms with E-state index in [1.165, 1.54) is 11.1 Å². The molecular formula is C40H46ClN2O5S-. The van der Waals surface area contributed by atoms with E-state index < -0.39 is 22.6 Å². The van der Waals surface area contributed by atoms with Crippen molar-refractivity contribution in [3.63, 3.8) is 0 Å². The van der Waals surface area contributed by atoms with Crippen LogP contribution in [-0.4, -0.2) is 43.4 Å². The van der Waals surface area contributed by atoms with Crippen LogP contribution in [0.25, 0.3) is 0 Å². The minimum atomic E-state index is -1.81. The summed E-state index contributed by atoms with van der Waals surface area (Å²) in [6.07, 6.45) is 8.08. The molecule has 0 saturated heterocycles. The number of halogens is 1. The molecule has 1 spiro atoms. The predicted octanol–water partition coefficient (Wildman–Crippen LogP) is 8.51. The Morgan fingerprint density at radius 3 is 2.69 bits per heavy atom. The van der Waals surface area contributed by atoms with Crippen molar-refractivity contribution < 1.29 is 23.3 Å². The third kappa shape index (κ3) is 8.41. The number of amides is 1. The minimum absolute atomic E-state index is 0.0881. The molecule has 49 heavy (non-hydrogen) atoms. The Balaban J connectivity index is 1.29. The zero-order chi connectivity index (χ0) is 34.5. The Hall–Kier alpha value is -3.62. The number of ether oxygens (including phenoxy) is 2. The zero-order valence-corrected chi connectivity index (χ0v) is 30.2. The van der Waals surface area contributed by atoms with Gasteiger partial charge in [0.2, 0.25) is 0 Å². The summed E-state index contributed by atoms with van der Waals surface area (Å²) in [6.45, 7) is 8.43. The molecule has 6 rings (SSSR count). The van der Waals surface area contributed by atoms with Gasteiger partial charge in [-0.1, -0.05) is 80.6 Å². The predicted molar refractivity (Wildman–Crippen MR) is 196 cm³/mol. The highest BCUT2D eigenvalue weighted by Crippen LogP contribution is 2.45. The van der Waals surface area contributed by atoms with Gasteiger partial charge in [-0.05, 0) is 103 Å². The number of allylic oxidation sites excluding steroid dienone is 1. The fourth-order valence-electron chi connectivity index (χ4n) is 7.38. The van der Waals surface area contributed by atoms with Crippen molar-refractivity contribution >= 4 is 39.8 Å². The van der Waals surface area contributed by atoms with Gasteiger partial charge in [-0.25, -0.2) is 0 Å². The molecule has 3 aromatic rings. The van der Waals surface area contributed by atoms with Crippen LogP contribution < -0.4 is 9.64 Å². The van der Waals surface area contributed by atoms with Crippen LogP contribution in [-0.2, 0) is 42.6 Å². The van der Waals surface area contributed by atoms with Crippen molar-refractivity contribution in [2.24, 2.45) is 22.1 Å². The number of anilines is 1. The lowest BCUT2D eigenvalue weighted by atomic mass is 9.70. The van der Waals surface area contributed by atoms with Crippen molar-refractivity contribution in [2.45, 2.75) is 70.8 Å². The monoisotopic (exact) mass is 701 g/mol. The average Bonchev–Trinajstić information content (AvgIpc) is 3.23. The molecule has 1 aliphatic carbocycles. The molecule has 2 heterocycles. The first-order valence-corrected chi connectivity index (χ1v) is 19.1. The second-order valence-corrected chi connectivity index (χ2v) is 15.8. The van der Waals surface area contributed by atoms with Crippen LogP contribution in [0.15, 0.2) is 83.2 Å². The van der Waals surface area contributed by atoms with E-state index in [1.54, 1.807) is 6.07 Å². The SMILES string of the molecule is C[C@@H]1C[S-](=O)=NC(=O)c2ccc3c(c2)N(C[C@H](C)[C@@H](C)C/C=C/[C@@H]1OC(=O)CCc1ccccc1)C[C@@]1(CCCc2cc(Cl)ccc21)CO3. The lowest BCUT2D eigenvalue weighted by Gasteiger charge is -2.41. The van der Waals surface area contributed by atoms with Crippen molar-refractivity contribution in [1.29, 1.82) is 0 Å². The fourth-order valence-corrected chi connectivity index (χ4v) is 8.58. The molecule has 7 nitrogen and oxygen atoms in total. The number of aryl methyl sites for hydroxylation is 2. The van der Waals surface area contributed by atoms with Gasteiger partial charge in [-0.15, -0.1) is 0 Å². The molecule has 0 N–H and O–H groups in total. The van der Waals surface area contributed by atoms with Gasteiger partial charge in [0.1, 0.15) is 11.9 Å². The van der Waals surface area contributed by atoms with Gasteiger partial charge in [0.15, 0.2) is 0 Å². The summed E-state index contributed by atoms with van der Waals surface area (Å²) in [6, 6.07) is 21.5. The number of carbonyl (C=O) groups is 2. The fraction of sp³-hybridized carbons (Fsp3) is 0.450. The van der Waals surface area contributed by atoms with Crippen LogP contribution in [0.5, 0.6) is 5.75 Å². The second kappa shape index (κ2) is 15.5. The lowest BCUT2D eigenvalue weighted by Crippen LogP contribution is -2.47. The number of rotatable bonds is 4. The quantitative estimate of drug-likeness (QED) is 0.154. The molecule has 3 aromatic carbocycles. The van der Waals surface area contributed by atoms with Crippen LogP contribution in [0.3, 0.4) is 0 Å². The van der Waals surface area contributed by atoms with Crippen molar-refractivity contribution in [1.82, 2.24) is 0 Å². The maximum Gasteiger partial charge on any atom is 0.306 e. The smallest absolute Gasteiger partial charge is 0.306 e. The van der Waals surface area contributed by atoms with E-state index in [-0.39, 0.29) is 35.4 Å². The van der Waals surface area contributed by atoms with E-state index in [2.05, 4.69) is 41.3 Å². The van der Waals surface area contributed by atoms with E-state index >= 15 is 0 Å². The van der Waals surface area contributed by atoms with Crippen LogP contribution in [0.4, 0.5) is 5.69 Å². The van der Waals surface area contributed by atoms with Crippen LogP contribution in [0.1, 0.15) is 73.5 Å². The molecular weight excluding hydrogens is 656 g/mol. The standard InChI is InChI=1S/C40H46ClN2O5S/c1-27-9-7-13-36(48-38(44)19-14-30-10-5-4-6-11-30)29(3)24-49(46)42-39(45)32-15-18-37-35(22-32)43(23-28(27)2)25-40(26-47-37)20-8-12-31-21-33(41)16-17-34(31)40/h4-7,10-11,13,15-18,21-22,27-29,36H,8-9,12,14,19-20,23-26H2,1-3H3/q-1/b13-7+/t27-,28-,29+,36-,40-/m0/s1. The summed E-state index contributed by atoms with van der Waals surface area (Å²) < 4.78 is 29.9. The molecule has 9 heteroatoms. The number of benzene rings is 3. The van der Waals surface area contributed by atoms with E-state index in [1.807, 2.05) is 61.5 Å². The number of hydrogen-bond acceptors (Lipinski definition) is 7. The molecule has 3 aliphatic rings. The summed E-state index contributed by atoms with van der Waals surface area (Å²) >= 11 is 6.43.